The van der Waals surface area contributed by atoms with Gasteiger partial charge in [0.05, 0.1) is 17.8 Å². The van der Waals surface area contributed by atoms with Gasteiger partial charge in [-0.05, 0) is 105 Å². The number of nitrogens with one attached hydrogen (secondary N) is 1. The van der Waals surface area contributed by atoms with E-state index in [4.69, 9.17) is 17.2 Å². The van der Waals surface area contributed by atoms with Crippen LogP contribution in [-0.2, 0) is 6.42 Å². The minimum absolute atomic E-state index is 0.0344. The molecule has 3 heterocycles. The van der Waals surface area contributed by atoms with Crippen LogP contribution in [0.5, 0.6) is 0 Å². The summed E-state index contributed by atoms with van der Waals surface area (Å²) in [7, 11) is 0. The van der Waals surface area contributed by atoms with Crippen LogP contribution in [0.25, 0.3) is 5.69 Å². The molecule has 0 saturated carbocycles. The van der Waals surface area contributed by atoms with Crippen molar-refractivity contribution < 1.29 is 0 Å². The van der Waals surface area contributed by atoms with Crippen LogP contribution in [0.4, 0.5) is 5.69 Å². The molecule has 0 unspecified atom stereocenters. The molecule has 35 heavy (non-hydrogen) atoms. The molecule has 1 saturated heterocycles. The number of hydrogen-bond donors (Lipinski definition) is 1. The topological polar surface area (TPSA) is 33.1 Å². The summed E-state index contributed by atoms with van der Waals surface area (Å²) in [5.74, 6) is 0. The van der Waals surface area contributed by atoms with Gasteiger partial charge in [-0.3, -0.25) is 4.98 Å². The molecular formula is C29H29BrN4S. The minimum Gasteiger partial charge on any atom is -0.351 e. The van der Waals surface area contributed by atoms with Gasteiger partial charge in [-0.1, -0.05) is 41.1 Å². The first-order chi connectivity index (χ1) is 16.9. The van der Waals surface area contributed by atoms with Crippen LogP contribution in [0.2, 0.25) is 0 Å². The van der Waals surface area contributed by atoms with Crippen LogP contribution in [0.15, 0.2) is 77.4 Å². The second-order valence-electron chi connectivity index (χ2n) is 9.11. The van der Waals surface area contributed by atoms with Crippen LogP contribution < -0.4 is 10.2 Å². The highest BCUT2D eigenvalue weighted by Gasteiger charge is 2.42. The van der Waals surface area contributed by atoms with Gasteiger partial charge >= 0.3 is 0 Å². The third kappa shape index (κ3) is 4.30. The molecule has 6 heteroatoms. The monoisotopic (exact) mass is 544 g/mol. The highest BCUT2D eigenvalue weighted by Crippen LogP contribution is 2.44. The molecule has 0 aliphatic carbocycles. The second kappa shape index (κ2) is 9.59. The molecule has 1 aliphatic rings. The molecule has 2 aromatic heterocycles. The van der Waals surface area contributed by atoms with E-state index in [1.807, 2.05) is 18.3 Å². The van der Waals surface area contributed by atoms with Crippen LogP contribution in [0, 0.1) is 20.8 Å². The minimum atomic E-state index is -0.0657. The molecule has 0 spiro atoms. The van der Waals surface area contributed by atoms with E-state index in [0.717, 1.165) is 22.3 Å². The molecule has 1 aliphatic heterocycles. The smallest absolute Gasteiger partial charge is 0.174 e. The number of hydrogen-bond acceptors (Lipinski definition) is 2. The fourth-order valence-electron chi connectivity index (χ4n) is 5.09. The molecule has 1 N–H and O–H groups in total. The Kier molecular flexibility index (Phi) is 6.51. The zero-order valence-corrected chi connectivity index (χ0v) is 22.8. The first kappa shape index (κ1) is 23.8. The normalized spacial score (nSPS) is 17.6. The van der Waals surface area contributed by atoms with Gasteiger partial charge in [-0.15, -0.1) is 0 Å². The van der Waals surface area contributed by atoms with Gasteiger partial charge in [0, 0.05) is 33.4 Å². The summed E-state index contributed by atoms with van der Waals surface area (Å²) < 4.78 is 3.43. The summed E-state index contributed by atoms with van der Waals surface area (Å²) in [6.07, 6.45) is 2.88. The number of halogens is 1. The number of pyridine rings is 1. The van der Waals surface area contributed by atoms with E-state index in [1.54, 1.807) is 0 Å². The number of anilines is 1. The lowest BCUT2D eigenvalue weighted by Crippen LogP contribution is -2.29. The van der Waals surface area contributed by atoms with Gasteiger partial charge in [0.25, 0.3) is 0 Å². The Morgan fingerprint density at radius 2 is 1.71 bits per heavy atom. The Balaban J connectivity index is 1.66. The van der Waals surface area contributed by atoms with Crippen molar-refractivity contribution in [2.24, 2.45) is 0 Å². The summed E-state index contributed by atoms with van der Waals surface area (Å²) in [5.41, 5.74) is 9.40. The maximum absolute atomic E-state index is 5.93. The Labute approximate surface area is 221 Å². The van der Waals surface area contributed by atoms with Crippen molar-refractivity contribution in [3.63, 3.8) is 0 Å². The summed E-state index contributed by atoms with van der Waals surface area (Å²) in [5, 5.41) is 4.30. The molecule has 2 atom stereocenters. The quantitative estimate of drug-likeness (QED) is 0.267. The number of aryl methyl sites for hydroxylation is 3. The van der Waals surface area contributed by atoms with Crippen LogP contribution in [0.3, 0.4) is 0 Å². The predicted octanol–water partition coefficient (Wildman–Crippen LogP) is 7.30. The maximum Gasteiger partial charge on any atom is 0.174 e. The Bertz CT molecular complexity index is 1380. The Morgan fingerprint density at radius 1 is 0.971 bits per heavy atom. The lowest BCUT2D eigenvalue weighted by Gasteiger charge is -2.28. The Morgan fingerprint density at radius 3 is 2.37 bits per heavy atom. The zero-order chi connectivity index (χ0) is 24.7. The molecule has 5 rings (SSSR count). The molecular weight excluding hydrogens is 516 g/mol. The number of nitrogens with zero attached hydrogens (tertiary/aromatic N) is 3. The molecule has 1 fully saturated rings. The SMILES string of the molecule is CCc1ccc(-n2c(C)cc([C@H]3[C@@H](c4ccccn4)NC(=S)N3c3ccc(Br)c(C)c3)c2C)cc1. The van der Waals surface area contributed by atoms with Gasteiger partial charge in [-0.25, -0.2) is 0 Å². The average molecular weight is 546 g/mol. The number of thiocarbonyl (C=S) groups is 1. The number of benzene rings is 2. The first-order valence-electron chi connectivity index (χ1n) is 11.9. The van der Waals surface area contributed by atoms with Crippen molar-refractivity contribution in [3.05, 3.63) is 111 Å². The highest BCUT2D eigenvalue weighted by atomic mass is 79.9. The summed E-state index contributed by atoms with van der Waals surface area (Å²) in [6, 6.07) is 23.5. The van der Waals surface area contributed by atoms with E-state index in [9.17, 15) is 0 Å². The molecule has 0 bridgehead atoms. The van der Waals surface area contributed by atoms with Crippen molar-refractivity contribution in [3.8, 4) is 5.69 Å². The Hall–Kier alpha value is -2.96. The average Bonchev–Trinajstić information content (AvgIpc) is 3.36. The van der Waals surface area contributed by atoms with E-state index in [0.29, 0.717) is 5.11 Å². The van der Waals surface area contributed by atoms with Crippen molar-refractivity contribution in [1.29, 1.82) is 0 Å². The molecule has 4 aromatic rings. The fraction of sp³-hybridized carbons (Fsp3) is 0.241. The fourth-order valence-corrected chi connectivity index (χ4v) is 5.69. The van der Waals surface area contributed by atoms with Gasteiger partial charge in [0.2, 0.25) is 0 Å². The lowest BCUT2D eigenvalue weighted by molar-refractivity contribution is 0.565. The van der Waals surface area contributed by atoms with E-state index in [2.05, 4.69) is 113 Å². The van der Waals surface area contributed by atoms with Crippen LogP contribution in [0.1, 0.15) is 52.8 Å². The molecule has 0 radical (unpaired) electrons. The van der Waals surface area contributed by atoms with Crippen molar-refractivity contribution in [2.75, 3.05) is 4.90 Å². The second-order valence-corrected chi connectivity index (χ2v) is 10.4. The van der Waals surface area contributed by atoms with Gasteiger partial charge in [0.1, 0.15) is 0 Å². The number of rotatable bonds is 5. The van der Waals surface area contributed by atoms with Gasteiger partial charge in [0.15, 0.2) is 5.11 Å². The van der Waals surface area contributed by atoms with Crippen LogP contribution in [-0.4, -0.2) is 14.7 Å². The number of aromatic nitrogens is 2. The molecule has 0 amide bonds. The molecule has 2 aromatic carbocycles. The molecule has 178 valence electrons. The van der Waals surface area contributed by atoms with Crippen LogP contribution >= 0.6 is 28.1 Å². The summed E-state index contributed by atoms with van der Waals surface area (Å²) in [6.45, 7) is 8.68. The zero-order valence-electron chi connectivity index (χ0n) is 20.4. The third-order valence-corrected chi connectivity index (χ3v) is 8.11. The third-order valence-electron chi connectivity index (χ3n) is 6.91. The highest BCUT2D eigenvalue weighted by molar-refractivity contribution is 9.10. The summed E-state index contributed by atoms with van der Waals surface area (Å²) in [4.78, 5) is 6.95. The van der Waals surface area contributed by atoms with E-state index in [-0.39, 0.29) is 12.1 Å². The van der Waals surface area contributed by atoms with E-state index in [1.165, 1.54) is 33.8 Å². The predicted molar refractivity (Wildman–Crippen MR) is 151 cm³/mol. The first-order valence-corrected chi connectivity index (χ1v) is 13.1. The lowest BCUT2D eigenvalue weighted by atomic mass is 9.96. The van der Waals surface area contributed by atoms with Crippen molar-refractivity contribution >= 4 is 38.9 Å². The largest absolute Gasteiger partial charge is 0.351 e. The standard InChI is InChI=1S/C29H29BrN4S/c1-5-21-9-11-22(12-10-21)33-19(3)17-24(20(33)4)28-27(26-8-6-7-15-31-26)32-29(35)34(28)23-13-14-25(30)18(2)16-23/h6-17,27-28H,5H2,1-4H3,(H,32,35)/t27-,28+/m1/s1. The van der Waals surface area contributed by atoms with E-state index < -0.39 is 0 Å². The molecule has 4 nitrogen and oxygen atoms in total. The van der Waals surface area contributed by atoms with Crippen molar-refractivity contribution in [2.45, 2.75) is 46.2 Å². The van der Waals surface area contributed by atoms with Gasteiger partial charge < -0.3 is 14.8 Å². The maximum atomic E-state index is 5.93. The summed E-state index contributed by atoms with van der Waals surface area (Å²) >= 11 is 9.57. The van der Waals surface area contributed by atoms with E-state index >= 15 is 0 Å². The van der Waals surface area contributed by atoms with Gasteiger partial charge in [-0.2, -0.15) is 0 Å². The van der Waals surface area contributed by atoms with Crippen molar-refractivity contribution in [1.82, 2.24) is 14.9 Å².